The Balaban J connectivity index is 2.09. The van der Waals surface area contributed by atoms with Crippen LogP contribution in [0.5, 0.6) is 0 Å². The smallest absolute Gasteiger partial charge is 0.0618 e. The molecular formula is C13H23ClO. The lowest BCUT2D eigenvalue weighted by Gasteiger charge is -2.38. The van der Waals surface area contributed by atoms with Crippen LogP contribution in [0.2, 0.25) is 0 Å². The highest BCUT2D eigenvalue weighted by atomic mass is 35.5. The molecule has 1 heterocycles. The van der Waals surface area contributed by atoms with E-state index in [1.54, 1.807) is 0 Å². The van der Waals surface area contributed by atoms with Gasteiger partial charge in [-0.05, 0) is 32.1 Å². The lowest BCUT2D eigenvalue weighted by atomic mass is 9.69. The third-order valence-electron chi connectivity index (χ3n) is 4.66. The van der Waals surface area contributed by atoms with Crippen LogP contribution >= 0.6 is 11.6 Å². The maximum absolute atomic E-state index is 6.27. The molecule has 1 aliphatic heterocycles. The van der Waals surface area contributed by atoms with Gasteiger partial charge in [-0.1, -0.05) is 25.7 Å². The minimum atomic E-state index is 0.298. The fraction of sp³-hybridized carbons (Fsp3) is 1.00. The second-order valence-electron chi connectivity index (χ2n) is 5.32. The van der Waals surface area contributed by atoms with Gasteiger partial charge >= 0.3 is 0 Å². The van der Waals surface area contributed by atoms with Crippen LogP contribution in [0.3, 0.4) is 0 Å². The van der Waals surface area contributed by atoms with Crippen molar-refractivity contribution in [2.24, 2.45) is 11.3 Å². The molecular weight excluding hydrogens is 208 g/mol. The van der Waals surface area contributed by atoms with Gasteiger partial charge in [-0.3, -0.25) is 0 Å². The fourth-order valence-electron chi connectivity index (χ4n) is 3.47. The monoisotopic (exact) mass is 230 g/mol. The van der Waals surface area contributed by atoms with E-state index in [1.807, 2.05) is 0 Å². The minimum absolute atomic E-state index is 0.298. The summed E-state index contributed by atoms with van der Waals surface area (Å²) in [5.74, 6) is 1.61. The third kappa shape index (κ3) is 2.19. The van der Waals surface area contributed by atoms with Gasteiger partial charge in [-0.2, -0.15) is 0 Å². The highest BCUT2D eigenvalue weighted by molar-refractivity contribution is 6.18. The summed E-state index contributed by atoms with van der Waals surface area (Å²) in [6.07, 6.45) is 9.95. The van der Waals surface area contributed by atoms with Crippen molar-refractivity contribution >= 4 is 11.6 Å². The summed E-state index contributed by atoms with van der Waals surface area (Å²) in [5.41, 5.74) is 0.298. The van der Waals surface area contributed by atoms with Crippen LogP contribution in [0.15, 0.2) is 0 Å². The third-order valence-corrected chi connectivity index (χ3v) is 5.16. The van der Waals surface area contributed by atoms with Gasteiger partial charge in [0.2, 0.25) is 0 Å². The first-order valence-electron chi connectivity index (χ1n) is 6.47. The first-order valence-corrected chi connectivity index (χ1v) is 7.00. The Morgan fingerprint density at radius 2 is 1.87 bits per heavy atom. The van der Waals surface area contributed by atoms with E-state index < -0.39 is 0 Å². The van der Waals surface area contributed by atoms with Gasteiger partial charge in [0.1, 0.15) is 0 Å². The van der Waals surface area contributed by atoms with E-state index in [2.05, 4.69) is 6.92 Å². The van der Waals surface area contributed by atoms with E-state index in [0.29, 0.717) is 11.5 Å². The summed E-state index contributed by atoms with van der Waals surface area (Å²) < 4.78 is 5.77. The molecule has 0 aromatic heterocycles. The molecule has 0 amide bonds. The van der Waals surface area contributed by atoms with Crippen molar-refractivity contribution in [1.82, 2.24) is 0 Å². The largest absolute Gasteiger partial charge is 0.378 e. The van der Waals surface area contributed by atoms with Gasteiger partial charge in [0, 0.05) is 17.9 Å². The molecule has 2 heteroatoms. The van der Waals surface area contributed by atoms with E-state index >= 15 is 0 Å². The lowest BCUT2D eigenvalue weighted by molar-refractivity contribution is 0.0365. The first-order chi connectivity index (χ1) is 7.29. The maximum atomic E-state index is 6.27. The molecule has 0 radical (unpaired) electrons. The molecule has 0 spiro atoms. The molecule has 1 nitrogen and oxygen atoms in total. The molecule has 2 fully saturated rings. The Hall–Kier alpha value is 0.250. The second-order valence-corrected chi connectivity index (χ2v) is 5.59. The molecule has 1 aliphatic carbocycles. The summed E-state index contributed by atoms with van der Waals surface area (Å²) >= 11 is 6.27. The van der Waals surface area contributed by atoms with Crippen molar-refractivity contribution < 1.29 is 4.74 Å². The lowest BCUT2D eigenvalue weighted by Crippen LogP contribution is -2.38. The van der Waals surface area contributed by atoms with E-state index in [9.17, 15) is 0 Å². The number of hydrogen-bond donors (Lipinski definition) is 0. The van der Waals surface area contributed by atoms with Crippen molar-refractivity contribution in [2.75, 3.05) is 12.5 Å². The second kappa shape index (κ2) is 5.05. The molecule has 2 atom stereocenters. The van der Waals surface area contributed by atoms with Crippen LogP contribution in [-0.4, -0.2) is 18.6 Å². The molecule has 0 bridgehead atoms. The van der Waals surface area contributed by atoms with Crippen LogP contribution < -0.4 is 0 Å². The highest BCUT2D eigenvalue weighted by Crippen LogP contribution is 2.47. The van der Waals surface area contributed by atoms with Gasteiger partial charge in [0.15, 0.2) is 0 Å². The predicted molar refractivity (Wildman–Crippen MR) is 64.4 cm³/mol. The zero-order chi connectivity index (χ0) is 10.7. The highest BCUT2D eigenvalue weighted by Gasteiger charge is 2.46. The Bertz CT molecular complexity index is 199. The number of alkyl halides is 1. The Morgan fingerprint density at radius 1 is 1.20 bits per heavy atom. The fourth-order valence-corrected chi connectivity index (χ4v) is 4.04. The zero-order valence-electron chi connectivity index (χ0n) is 9.80. The number of hydrogen-bond acceptors (Lipinski definition) is 1. The number of ether oxygens (including phenoxy) is 1. The van der Waals surface area contributed by atoms with Crippen LogP contribution in [0.4, 0.5) is 0 Å². The summed E-state index contributed by atoms with van der Waals surface area (Å²) in [6, 6.07) is 0. The molecule has 88 valence electrons. The molecule has 0 N–H and O–H groups in total. The average molecular weight is 231 g/mol. The van der Waals surface area contributed by atoms with Crippen molar-refractivity contribution in [3.05, 3.63) is 0 Å². The molecule has 2 aliphatic rings. The molecule has 1 saturated carbocycles. The van der Waals surface area contributed by atoms with Crippen LogP contribution in [0.25, 0.3) is 0 Å². The normalized spacial score (nSPS) is 39.2. The molecule has 0 aromatic rings. The molecule has 2 unspecified atom stereocenters. The maximum Gasteiger partial charge on any atom is 0.0618 e. The van der Waals surface area contributed by atoms with Crippen LogP contribution in [-0.2, 0) is 4.74 Å². The number of halogens is 1. The van der Waals surface area contributed by atoms with Gasteiger partial charge < -0.3 is 4.74 Å². The molecule has 15 heavy (non-hydrogen) atoms. The van der Waals surface area contributed by atoms with Crippen molar-refractivity contribution in [3.8, 4) is 0 Å². The quantitative estimate of drug-likeness (QED) is 0.515. The van der Waals surface area contributed by atoms with Gasteiger partial charge in [0.25, 0.3) is 0 Å². The topological polar surface area (TPSA) is 9.23 Å². The summed E-state index contributed by atoms with van der Waals surface area (Å²) in [7, 11) is 0. The summed E-state index contributed by atoms with van der Waals surface area (Å²) in [5, 5.41) is 0. The summed E-state index contributed by atoms with van der Waals surface area (Å²) in [6.45, 7) is 3.14. The standard InChI is InChI=1S/C13H23ClO/c1-11-13(10-14,8-9-15-11)12-6-4-2-3-5-7-12/h11-12H,2-10H2,1H3. The first kappa shape index (κ1) is 11.7. The molecule has 0 aromatic carbocycles. The molecule has 2 rings (SSSR count). The molecule has 1 saturated heterocycles. The average Bonchev–Trinajstić information content (AvgIpc) is 2.49. The van der Waals surface area contributed by atoms with Crippen molar-refractivity contribution in [2.45, 2.75) is 58.0 Å². The predicted octanol–water partition coefficient (Wildman–Crippen LogP) is 3.99. The van der Waals surface area contributed by atoms with Crippen molar-refractivity contribution in [1.29, 1.82) is 0 Å². The van der Waals surface area contributed by atoms with E-state index in [0.717, 1.165) is 18.4 Å². The van der Waals surface area contributed by atoms with Crippen LogP contribution in [0.1, 0.15) is 51.9 Å². The van der Waals surface area contributed by atoms with Gasteiger partial charge in [-0.25, -0.2) is 0 Å². The van der Waals surface area contributed by atoms with Crippen LogP contribution in [0, 0.1) is 11.3 Å². The minimum Gasteiger partial charge on any atom is -0.378 e. The summed E-state index contributed by atoms with van der Waals surface area (Å²) in [4.78, 5) is 0. The SMILES string of the molecule is CC1OCCC1(CCl)C1CCCCCC1. The van der Waals surface area contributed by atoms with Gasteiger partial charge in [-0.15, -0.1) is 11.6 Å². The van der Waals surface area contributed by atoms with E-state index in [1.165, 1.54) is 44.9 Å². The Labute approximate surface area is 98.5 Å². The van der Waals surface area contributed by atoms with E-state index in [-0.39, 0.29) is 0 Å². The van der Waals surface area contributed by atoms with Gasteiger partial charge in [0.05, 0.1) is 6.10 Å². The van der Waals surface area contributed by atoms with Crippen molar-refractivity contribution in [3.63, 3.8) is 0 Å². The Morgan fingerprint density at radius 3 is 2.33 bits per heavy atom. The number of rotatable bonds is 2. The Kier molecular flexibility index (Phi) is 3.95. The zero-order valence-corrected chi connectivity index (χ0v) is 10.6. The van der Waals surface area contributed by atoms with E-state index in [4.69, 9.17) is 16.3 Å².